The topological polar surface area (TPSA) is 12.9 Å². The van der Waals surface area contributed by atoms with Gasteiger partial charge in [-0.2, -0.15) is 0 Å². The molecule has 0 bridgehead atoms. The number of halogens is 1. The van der Waals surface area contributed by atoms with Gasteiger partial charge in [-0.15, -0.1) is 0 Å². The highest BCUT2D eigenvalue weighted by Crippen LogP contribution is 2.01. The predicted octanol–water partition coefficient (Wildman–Crippen LogP) is 2.25. The quantitative estimate of drug-likeness (QED) is 0.535. The van der Waals surface area contributed by atoms with Crippen LogP contribution >= 0.6 is 22.6 Å². The normalized spacial score (nSPS) is 9.56. The molecular formula is C7H8IN. The van der Waals surface area contributed by atoms with Gasteiger partial charge in [0.25, 0.3) is 0 Å². The Morgan fingerprint density at radius 3 is 2.78 bits per heavy atom. The Morgan fingerprint density at radius 2 is 2.33 bits per heavy atom. The molecule has 1 rings (SSSR count). The maximum Gasteiger partial charge on any atom is 0.101 e. The highest BCUT2D eigenvalue weighted by Gasteiger charge is 1.88. The molecule has 0 saturated heterocycles. The van der Waals surface area contributed by atoms with Gasteiger partial charge in [0, 0.05) is 5.69 Å². The molecule has 9 heavy (non-hydrogen) atoms. The summed E-state index contributed by atoms with van der Waals surface area (Å²) in [5.74, 6) is 0. The van der Waals surface area contributed by atoms with Crippen LogP contribution in [-0.4, -0.2) is 4.98 Å². The molecule has 0 saturated carbocycles. The van der Waals surface area contributed by atoms with Crippen LogP contribution in [0.1, 0.15) is 12.6 Å². The van der Waals surface area contributed by atoms with Crippen molar-refractivity contribution in [1.82, 2.24) is 4.98 Å². The number of hydrogen-bond acceptors (Lipinski definition) is 1. The second kappa shape index (κ2) is 3.15. The van der Waals surface area contributed by atoms with Crippen LogP contribution in [-0.2, 0) is 6.42 Å². The lowest BCUT2D eigenvalue weighted by atomic mass is 10.3. The summed E-state index contributed by atoms with van der Waals surface area (Å²) in [5, 5.41) is 0. The fraction of sp³-hybridized carbons (Fsp3) is 0.286. The summed E-state index contributed by atoms with van der Waals surface area (Å²) in [7, 11) is 0. The standard InChI is InChI=1S/C7H8IN/c1-2-6-4-3-5-7(8)9-6/h3-5H,2H2,1H3. The van der Waals surface area contributed by atoms with Crippen LogP contribution < -0.4 is 0 Å². The minimum Gasteiger partial charge on any atom is -0.247 e. The Kier molecular flexibility index (Phi) is 2.45. The lowest BCUT2D eigenvalue weighted by Crippen LogP contribution is -1.86. The maximum absolute atomic E-state index is 4.28. The number of pyridine rings is 1. The van der Waals surface area contributed by atoms with Crippen molar-refractivity contribution in [2.24, 2.45) is 0 Å². The van der Waals surface area contributed by atoms with Gasteiger partial charge in [0.05, 0.1) is 0 Å². The lowest BCUT2D eigenvalue weighted by molar-refractivity contribution is 1.02. The van der Waals surface area contributed by atoms with Crippen LogP contribution in [0.15, 0.2) is 18.2 Å². The summed E-state index contributed by atoms with van der Waals surface area (Å²) in [4.78, 5) is 4.28. The minimum absolute atomic E-state index is 1.02. The molecule has 2 heteroatoms. The molecule has 0 spiro atoms. The molecule has 48 valence electrons. The highest BCUT2D eigenvalue weighted by molar-refractivity contribution is 14.1. The first-order chi connectivity index (χ1) is 4.33. The van der Waals surface area contributed by atoms with Gasteiger partial charge in [-0.05, 0) is 41.1 Å². The smallest absolute Gasteiger partial charge is 0.101 e. The van der Waals surface area contributed by atoms with Gasteiger partial charge in [0.2, 0.25) is 0 Å². The molecule has 1 nitrogen and oxygen atoms in total. The summed E-state index contributed by atoms with van der Waals surface area (Å²) in [6, 6.07) is 6.08. The Bertz CT molecular complexity index is 198. The molecule has 0 aromatic carbocycles. The fourth-order valence-electron chi connectivity index (χ4n) is 0.647. The van der Waals surface area contributed by atoms with Crippen molar-refractivity contribution in [2.45, 2.75) is 13.3 Å². The first kappa shape index (κ1) is 6.99. The second-order valence-corrected chi connectivity index (χ2v) is 2.91. The van der Waals surface area contributed by atoms with Crippen LogP contribution in [0.4, 0.5) is 0 Å². The van der Waals surface area contributed by atoms with Gasteiger partial charge in [-0.1, -0.05) is 13.0 Å². The zero-order valence-corrected chi connectivity index (χ0v) is 7.42. The van der Waals surface area contributed by atoms with Crippen LogP contribution in [0.5, 0.6) is 0 Å². The van der Waals surface area contributed by atoms with Crippen molar-refractivity contribution < 1.29 is 0 Å². The SMILES string of the molecule is CCc1cccc(I)n1. The van der Waals surface area contributed by atoms with E-state index < -0.39 is 0 Å². The summed E-state index contributed by atoms with van der Waals surface area (Å²) in [5.41, 5.74) is 1.17. The van der Waals surface area contributed by atoms with Gasteiger partial charge in [0.1, 0.15) is 3.70 Å². The van der Waals surface area contributed by atoms with Crippen LogP contribution in [0.3, 0.4) is 0 Å². The largest absolute Gasteiger partial charge is 0.247 e. The third-order valence-electron chi connectivity index (χ3n) is 1.14. The Morgan fingerprint density at radius 1 is 1.56 bits per heavy atom. The Labute approximate surface area is 68.6 Å². The van der Waals surface area contributed by atoms with Gasteiger partial charge >= 0.3 is 0 Å². The monoisotopic (exact) mass is 233 g/mol. The van der Waals surface area contributed by atoms with Crippen molar-refractivity contribution in [3.05, 3.63) is 27.6 Å². The average molecular weight is 233 g/mol. The molecule has 0 aliphatic heterocycles. The van der Waals surface area contributed by atoms with Crippen LogP contribution in [0, 0.1) is 3.70 Å². The van der Waals surface area contributed by atoms with E-state index in [-0.39, 0.29) is 0 Å². The summed E-state index contributed by atoms with van der Waals surface area (Å²) in [6.07, 6.45) is 1.02. The molecule has 0 aliphatic carbocycles. The number of rotatable bonds is 1. The average Bonchev–Trinajstić information content (AvgIpc) is 1.88. The van der Waals surface area contributed by atoms with E-state index in [1.165, 1.54) is 5.69 Å². The number of aryl methyl sites for hydroxylation is 1. The zero-order valence-electron chi connectivity index (χ0n) is 5.26. The van der Waals surface area contributed by atoms with Gasteiger partial charge in [-0.25, -0.2) is 4.98 Å². The number of nitrogens with zero attached hydrogens (tertiary/aromatic N) is 1. The van der Waals surface area contributed by atoms with Gasteiger partial charge in [-0.3, -0.25) is 0 Å². The second-order valence-electron chi connectivity index (χ2n) is 1.81. The summed E-state index contributed by atoms with van der Waals surface area (Å²) in [6.45, 7) is 2.11. The highest BCUT2D eigenvalue weighted by atomic mass is 127. The molecule has 1 heterocycles. The van der Waals surface area contributed by atoms with E-state index in [0.717, 1.165) is 10.1 Å². The minimum atomic E-state index is 1.02. The Balaban J connectivity index is 2.94. The van der Waals surface area contributed by atoms with Crippen molar-refractivity contribution in [3.63, 3.8) is 0 Å². The molecule has 0 unspecified atom stereocenters. The third-order valence-corrected chi connectivity index (χ3v) is 1.74. The van der Waals surface area contributed by atoms with E-state index in [2.05, 4.69) is 34.5 Å². The van der Waals surface area contributed by atoms with Crippen LogP contribution in [0.2, 0.25) is 0 Å². The number of aromatic nitrogens is 1. The molecular weight excluding hydrogens is 225 g/mol. The molecule has 1 aromatic heterocycles. The lowest BCUT2D eigenvalue weighted by Gasteiger charge is -1.93. The van der Waals surface area contributed by atoms with E-state index in [9.17, 15) is 0 Å². The van der Waals surface area contributed by atoms with E-state index in [1.54, 1.807) is 0 Å². The molecule has 0 amide bonds. The van der Waals surface area contributed by atoms with Crippen molar-refractivity contribution >= 4 is 22.6 Å². The fourth-order valence-corrected chi connectivity index (χ4v) is 1.16. The maximum atomic E-state index is 4.28. The molecule has 0 aliphatic rings. The van der Waals surface area contributed by atoms with E-state index >= 15 is 0 Å². The van der Waals surface area contributed by atoms with Crippen molar-refractivity contribution in [1.29, 1.82) is 0 Å². The summed E-state index contributed by atoms with van der Waals surface area (Å²) < 4.78 is 1.08. The number of hydrogen-bond donors (Lipinski definition) is 0. The predicted molar refractivity (Wildman–Crippen MR) is 46.3 cm³/mol. The first-order valence-corrected chi connectivity index (χ1v) is 4.02. The zero-order chi connectivity index (χ0) is 6.69. The van der Waals surface area contributed by atoms with Crippen molar-refractivity contribution in [2.75, 3.05) is 0 Å². The van der Waals surface area contributed by atoms with Crippen molar-refractivity contribution in [3.8, 4) is 0 Å². The molecule has 1 aromatic rings. The van der Waals surface area contributed by atoms with E-state index in [4.69, 9.17) is 0 Å². The van der Waals surface area contributed by atoms with E-state index in [1.807, 2.05) is 18.2 Å². The molecule has 0 fully saturated rings. The Hall–Kier alpha value is -0.120. The van der Waals surface area contributed by atoms with Gasteiger partial charge in [0.15, 0.2) is 0 Å². The van der Waals surface area contributed by atoms with E-state index in [0.29, 0.717) is 0 Å². The summed E-state index contributed by atoms with van der Waals surface area (Å²) >= 11 is 2.22. The molecule has 0 atom stereocenters. The van der Waals surface area contributed by atoms with Crippen LogP contribution in [0.25, 0.3) is 0 Å². The first-order valence-electron chi connectivity index (χ1n) is 2.94. The molecule has 0 N–H and O–H groups in total. The third kappa shape index (κ3) is 1.93. The molecule has 0 radical (unpaired) electrons. The van der Waals surface area contributed by atoms with Gasteiger partial charge < -0.3 is 0 Å².